The van der Waals surface area contributed by atoms with Gasteiger partial charge in [0.2, 0.25) is 0 Å². The molecule has 0 saturated carbocycles. The van der Waals surface area contributed by atoms with E-state index in [4.69, 9.17) is 9.47 Å². The molecule has 9 nitrogen and oxygen atoms in total. The molecular weight excluding hydrogens is 436 g/mol. The van der Waals surface area contributed by atoms with Crippen molar-refractivity contribution in [1.29, 1.82) is 0 Å². The summed E-state index contributed by atoms with van der Waals surface area (Å²) in [4.78, 5) is 44.3. The van der Waals surface area contributed by atoms with Gasteiger partial charge in [-0.05, 0) is 56.2 Å². The Kier molecular flexibility index (Phi) is 9.02. The van der Waals surface area contributed by atoms with Gasteiger partial charge in [-0.3, -0.25) is 0 Å². The van der Waals surface area contributed by atoms with Crippen LogP contribution in [0.2, 0.25) is 0 Å². The second-order valence-corrected chi connectivity index (χ2v) is 7.59. The minimum Gasteiger partial charge on any atom is -0.463 e. The Morgan fingerprint density at radius 3 is 2.41 bits per heavy atom. The van der Waals surface area contributed by atoms with Crippen LogP contribution in [0.3, 0.4) is 0 Å². The zero-order valence-electron chi connectivity index (χ0n) is 19.5. The molecule has 2 heterocycles. The Morgan fingerprint density at radius 1 is 0.971 bits per heavy atom. The van der Waals surface area contributed by atoms with Crippen molar-refractivity contribution in [2.45, 2.75) is 20.3 Å². The van der Waals surface area contributed by atoms with E-state index in [9.17, 15) is 14.4 Å². The molecule has 1 aliphatic rings. The lowest BCUT2D eigenvalue weighted by molar-refractivity contribution is -0.137. The highest BCUT2D eigenvalue weighted by Gasteiger charge is 2.20. The number of nitrogens with one attached hydrogen (secondary N) is 1. The lowest BCUT2D eigenvalue weighted by atomic mass is 10.2. The smallest absolute Gasteiger partial charge is 0.339 e. The number of aromatic nitrogens is 1. The van der Waals surface area contributed by atoms with Crippen LogP contribution < -0.4 is 10.2 Å². The molecule has 1 N–H and O–H groups in total. The van der Waals surface area contributed by atoms with E-state index in [-0.39, 0.29) is 18.0 Å². The maximum Gasteiger partial charge on any atom is 0.339 e. The molecule has 1 aromatic heterocycles. The van der Waals surface area contributed by atoms with Gasteiger partial charge in [0.1, 0.15) is 5.82 Å². The predicted octanol–water partition coefficient (Wildman–Crippen LogP) is 3.58. The Bertz CT molecular complexity index is 1000. The van der Waals surface area contributed by atoms with Crippen molar-refractivity contribution in [3.05, 3.63) is 59.8 Å². The summed E-state index contributed by atoms with van der Waals surface area (Å²) in [7, 11) is 0. The monoisotopic (exact) mass is 466 g/mol. The molecule has 1 saturated heterocycles. The molecule has 1 aliphatic heterocycles. The Labute approximate surface area is 199 Å². The van der Waals surface area contributed by atoms with Crippen molar-refractivity contribution >= 4 is 35.6 Å². The van der Waals surface area contributed by atoms with Gasteiger partial charge in [-0.2, -0.15) is 0 Å². The van der Waals surface area contributed by atoms with Crippen LogP contribution >= 0.6 is 0 Å². The number of pyridine rings is 1. The second kappa shape index (κ2) is 12.4. The summed E-state index contributed by atoms with van der Waals surface area (Å²) in [6, 6.07) is 10.6. The van der Waals surface area contributed by atoms with Crippen LogP contribution in [0.25, 0.3) is 6.08 Å². The largest absolute Gasteiger partial charge is 0.463 e. The zero-order valence-corrected chi connectivity index (χ0v) is 19.5. The van der Waals surface area contributed by atoms with Crippen LogP contribution in [0.4, 0.5) is 16.3 Å². The third kappa shape index (κ3) is 7.06. The highest BCUT2D eigenvalue weighted by Crippen LogP contribution is 2.16. The number of hydrogen-bond acceptors (Lipinski definition) is 7. The first-order chi connectivity index (χ1) is 16.5. The van der Waals surface area contributed by atoms with Crippen molar-refractivity contribution in [2.75, 3.05) is 49.6 Å². The van der Waals surface area contributed by atoms with E-state index in [1.165, 1.54) is 12.3 Å². The number of hydrogen-bond donors (Lipinski definition) is 1. The van der Waals surface area contributed by atoms with Crippen molar-refractivity contribution in [3.63, 3.8) is 0 Å². The van der Waals surface area contributed by atoms with Gasteiger partial charge in [0.25, 0.3) is 0 Å². The number of esters is 2. The van der Waals surface area contributed by atoms with E-state index >= 15 is 0 Å². The topological polar surface area (TPSA) is 101 Å². The van der Waals surface area contributed by atoms with E-state index < -0.39 is 0 Å². The first kappa shape index (κ1) is 24.8. The van der Waals surface area contributed by atoms with Crippen LogP contribution in [0.15, 0.2) is 48.7 Å². The van der Waals surface area contributed by atoms with Crippen molar-refractivity contribution in [1.82, 2.24) is 9.88 Å². The number of carbonyl (C=O) groups excluding carboxylic acids is 3. The van der Waals surface area contributed by atoms with Gasteiger partial charge in [-0.15, -0.1) is 0 Å². The van der Waals surface area contributed by atoms with Crippen LogP contribution in [0, 0.1) is 0 Å². The SMILES string of the molecule is CCOC(=O)/C=C/c1ccc(NC(=O)N2CCCN(c3ccc(C(=O)OCC)cn3)CC2)cc1. The van der Waals surface area contributed by atoms with E-state index in [1.807, 2.05) is 12.1 Å². The molecule has 0 aliphatic carbocycles. The number of urea groups is 1. The Morgan fingerprint density at radius 2 is 1.74 bits per heavy atom. The lowest BCUT2D eigenvalue weighted by Crippen LogP contribution is -2.38. The van der Waals surface area contributed by atoms with Crippen LogP contribution in [0.5, 0.6) is 0 Å². The standard InChI is InChI=1S/C25H30N4O5/c1-3-33-23(30)13-8-19-6-10-21(11-7-19)27-25(32)29-15-5-14-28(16-17-29)22-12-9-20(18-26-22)24(31)34-4-2/h6-13,18H,3-5,14-17H2,1-2H3,(H,27,32)/b13-8+. The van der Waals surface area contributed by atoms with Crippen molar-refractivity contribution in [2.24, 2.45) is 0 Å². The summed E-state index contributed by atoms with van der Waals surface area (Å²) in [5, 5.41) is 2.92. The van der Waals surface area contributed by atoms with Gasteiger partial charge in [0.05, 0.1) is 18.8 Å². The summed E-state index contributed by atoms with van der Waals surface area (Å²) < 4.78 is 9.86. The number of carbonyl (C=O) groups is 3. The van der Waals surface area contributed by atoms with E-state index in [0.717, 1.165) is 24.3 Å². The molecule has 2 aromatic rings. The van der Waals surface area contributed by atoms with Gasteiger partial charge in [-0.25, -0.2) is 19.4 Å². The molecule has 0 radical (unpaired) electrons. The fourth-order valence-corrected chi connectivity index (χ4v) is 3.49. The number of amides is 2. The molecule has 0 bridgehead atoms. The molecule has 0 atom stereocenters. The fourth-order valence-electron chi connectivity index (χ4n) is 3.49. The molecule has 34 heavy (non-hydrogen) atoms. The number of ether oxygens (including phenoxy) is 2. The summed E-state index contributed by atoms with van der Waals surface area (Å²) in [5.41, 5.74) is 1.93. The molecule has 2 amide bonds. The number of anilines is 2. The van der Waals surface area contributed by atoms with Crippen LogP contribution in [-0.2, 0) is 14.3 Å². The molecule has 1 fully saturated rings. The van der Waals surface area contributed by atoms with Crippen LogP contribution in [0.1, 0.15) is 36.2 Å². The quantitative estimate of drug-likeness (QED) is 0.492. The van der Waals surface area contributed by atoms with E-state index in [0.29, 0.717) is 44.1 Å². The molecule has 0 unspecified atom stereocenters. The van der Waals surface area contributed by atoms with E-state index in [1.54, 1.807) is 49.1 Å². The zero-order chi connectivity index (χ0) is 24.3. The minimum absolute atomic E-state index is 0.165. The third-order valence-electron chi connectivity index (χ3n) is 5.23. The van der Waals surface area contributed by atoms with Crippen molar-refractivity contribution in [3.8, 4) is 0 Å². The summed E-state index contributed by atoms with van der Waals surface area (Å²) in [6.45, 7) is 6.75. The first-order valence-corrected chi connectivity index (χ1v) is 11.4. The maximum absolute atomic E-state index is 12.8. The second-order valence-electron chi connectivity index (χ2n) is 7.59. The normalized spacial score (nSPS) is 13.9. The summed E-state index contributed by atoms with van der Waals surface area (Å²) >= 11 is 0. The molecule has 9 heteroatoms. The maximum atomic E-state index is 12.8. The van der Waals surface area contributed by atoms with Gasteiger partial charge < -0.3 is 24.6 Å². The summed E-state index contributed by atoms with van der Waals surface area (Å²) in [5.74, 6) is -0.00897. The van der Waals surface area contributed by atoms with Gasteiger partial charge in [0.15, 0.2) is 0 Å². The molecular formula is C25H30N4O5. The highest BCUT2D eigenvalue weighted by molar-refractivity contribution is 5.90. The third-order valence-corrected chi connectivity index (χ3v) is 5.23. The molecule has 3 rings (SSSR count). The predicted molar refractivity (Wildman–Crippen MR) is 130 cm³/mol. The minimum atomic E-state index is -0.389. The number of benzene rings is 1. The number of rotatable bonds is 7. The number of nitrogens with zero attached hydrogens (tertiary/aromatic N) is 3. The molecule has 180 valence electrons. The first-order valence-electron chi connectivity index (χ1n) is 11.4. The average molecular weight is 467 g/mol. The fraction of sp³-hybridized carbons (Fsp3) is 0.360. The van der Waals surface area contributed by atoms with Gasteiger partial charge in [-0.1, -0.05) is 12.1 Å². The molecule has 1 aromatic carbocycles. The van der Waals surface area contributed by atoms with Crippen molar-refractivity contribution < 1.29 is 23.9 Å². The molecule has 0 spiro atoms. The van der Waals surface area contributed by atoms with E-state index in [2.05, 4.69) is 15.2 Å². The van der Waals surface area contributed by atoms with Gasteiger partial charge in [0, 0.05) is 44.1 Å². The highest BCUT2D eigenvalue weighted by atomic mass is 16.5. The lowest BCUT2D eigenvalue weighted by Gasteiger charge is -2.23. The Balaban J connectivity index is 1.52. The average Bonchev–Trinajstić information content (AvgIpc) is 3.11. The Hall–Kier alpha value is -3.88. The summed E-state index contributed by atoms with van der Waals surface area (Å²) in [6.07, 6.45) is 5.36. The van der Waals surface area contributed by atoms with Gasteiger partial charge >= 0.3 is 18.0 Å². The van der Waals surface area contributed by atoms with Crippen LogP contribution in [-0.4, -0.2) is 67.2 Å².